The smallest absolute Gasteiger partial charge is 0.110 e. The lowest BCUT2D eigenvalue weighted by Crippen LogP contribution is -2.08. The van der Waals surface area contributed by atoms with Gasteiger partial charge >= 0.3 is 0 Å². The lowest BCUT2D eigenvalue weighted by molar-refractivity contribution is 0.222. The fourth-order valence-electron chi connectivity index (χ4n) is 0.139. The second kappa shape index (κ2) is 12.1. The van der Waals surface area contributed by atoms with Gasteiger partial charge < -0.3 is 10.2 Å². The molecule has 0 aliphatic carbocycles. The van der Waals surface area contributed by atoms with Gasteiger partial charge in [0.15, 0.2) is 0 Å². The molecule has 76 valence electrons. The maximum absolute atomic E-state index is 8.40. The van der Waals surface area contributed by atoms with Crippen LogP contribution < -0.4 is 0 Å². The molecule has 0 heterocycles. The SMILES string of the molecule is OC(CCl)CCl.OCCC(Cl)Cl. The highest BCUT2D eigenvalue weighted by atomic mass is 35.5. The largest absolute Gasteiger partial charge is 0.396 e. The Kier molecular flexibility index (Phi) is 15.7. The van der Waals surface area contributed by atoms with Crippen molar-refractivity contribution in [1.29, 1.82) is 0 Å². The van der Waals surface area contributed by atoms with Crippen LogP contribution in [-0.4, -0.2) is 39.5 Å². The van der Waals surface area contributed by atoms with E-state index in [-0.39, 0.29) is 18.4 Å². The number of halogens is 4. The van der Waals surface area contributed by atoms with Gasteiger partial charge in [0.05, 0.1) is 6.10 Å². The van der Waals surface area contributed by atoms with E-state index in [1.54, 1.807) is 0 Å². The number of hydrogen-bond acceptors (Lipinski definition) is 2. The fraction of sp³-hybridized carbons (Fsp3) is 1.00. The second-order valence-corrected chi connectivity index (χ2v) is 3.76. The highest BCUT2D eigenvalue weighted by molar-refractivity contribution is 6.44. The van der Waals surface area contributed by atoms with Crippen molar-refractivity contribution in [1.82, 2.24) is 0 Å². The van der Waals surface area contributed by atoms with Crippen molar-refractivity contribution >= 4 is 46.4 Å². The monoisotopic (exact) mass is 256 g/mol. The van der Waals surface area contributed by atoms with Crippen LogP contribution in [0.4, 0.5) is 0 Å². The minimum atomic E-state index is -0.534. The topological polar surface area (TPSA) is 40.5 Å². The van der Waals surface area contributed by atoms with E-state index in [2.05, 4.69) is 0 Å². The maximum Gasteiger partial charge on any atom is 0.110 e. The zero-order chi connectivity index (χ0) is 9.98. The van der Waals surface area contributed by atoms with Gasteiger partial charge in [0.2, 0.25) is 0 Å². The molecule has 0 amide bonds. The summed E-state index contributed by atoms with van der Waals surface area (Å²) in [4.78, 5) is -0.407. The van der Waals surface area contributed by atoms with E-state index < -0.39 is 10.9 Å². The van der Waals surface area contributed by atoms with Crippen LogP contribution in [0.25, 0.3) is 0 Å². The Morgan fingerprint density at radius 3 is 1.50 bits per heavy atom. The summed E-state index contributed by atoms with van der Waals surface area (Å²) in [5.74, 6) is 0.451. The van der Waals surface area contributed by atoms with E-state index in [0.717, 1.165) is 0 Å². The third-order valence-electron chi connectivity index (χ3n) is 0.704. The van der Waals surface area contributed by atoms with E-state index in [4.69, 9.17) is 56.6 Å². The first-order chi connectivity index (χ1) is 5.58. The Bertz CT molecular complexity index is 77.9. The van der Waals surface area contributed by atoms with Crippen molar-refractivity contribution in [3.63, 3.8) is 0 Å². The van der Waals surface area contributed by atoms with Crippen molar-refractivity contribution in [3.8, 4) is 0 Å². The normalized spacial score (nSPS) is 10.0. The molecule has 12 heavy (non-hydrogen) atoms. The molecule has 0 aliphatic heterocycles. The van der Waals surface area contributed by atoms with Gasteiger partial charge in [0, 0.05) is 24.8 Å². The van der Waals surface area contributed by atoms with Gasteiger partial charge in [0.1, 0.15) is 4.84 Å². The van der Waals surface area contributed by atoms with Gasteiger partial charge in [-0.2, -0.15) is 0 Å². The molecule has 0 saturated heterocycles. The third kappa shape index (κ3) is 17.2. The van der Waals surface area contributed by atoms with Crippen LogP contribution in [0.15, 0.2) is 0 Å². The molecule has 0 aromatic rings. The van der Waals surface area contributed by atoms with Crippen LogP contribution in [-0.2, 0) is 0 Å². The fourth-order valence-corrected chi connectivity index (χ4v) is 0.664. The molecule has 2 nitrogen and oxygen atoms in total. The molecular formula is C6H12Cl4O2. The molecule has 0 saturated carbocycles. The number of aliphatic hydroxyl groups excluding tert-OH is 2. The number of hydrogen-bond donors (Lipinski definition) is 2. The third-order valence-corrected chi connectivity index (χ3v) is 1.85. The minimum absolute atomic E-state index is 0.0671. The Morgan fingerprint density at radius 1 is 1.08 bits per heavy atom. The molecule has 6 heteroatoms. The lowest BCUT2D eigenvalue weighted by Gasteiger charge is -1.94. The standard InChI is InChI=1S/2C3H6Cl2O/c4-1-3(6)2-5;4-3(5)1-2-6/h2*3,6H,1-2H2. The molecule has 0 spiro atoms. The van der Waals surface area contributed by atoms with Crippen molar-refractivity contribution in [2.75, 3.05) is 18.4 Å². The molecule has 0 aromatic heterocycles. The van der Waals surface area contributed by atoms with Crippen molar-refractivity contribution < 1.29 is 10.2 Å². The molecule has 0 fully saturated rings. The summed E-state index contributed by atoms with van der Waals surface area (Å²) in [6.07, 6.45) is -0.0725. The number of alkyl halides is 4. The molecule has 2 N–H and O–H groups in total. The highest BCUT2D eigenvalue weighted by Gasteiger charge is 1.94. The van der Waals surface area contributed by atoms with Gasteiger partial charge in [-0.25, -0.2) is 0 Å². The Morgan fingerprint density at radius 2 is 1.50 bits per heavy atom. The number of aliphatic hydroxyl groups is 2. The van der Waals surface area contributed by atoms with Crippen LogP contribution in [0, 0.1) is 0 Å². The van der Waals surface area contributed by atoms with Crippen LogP contribution in [0.3, 0.4) is 0 Å². The second-order valence-electron chi connectivity index (χ2n) is 1.87. The van der Waals surface area contributed by atoms with Crippen molar-refractivity contribution in [3.05, 3.63) is 0 Å². The molecule has 0 atom stereocenters. The maximum atomic E-state index is 8.40. The Balaban J connectivity index is 0. The molecule has 0 radical (unpaired) electrons. The van der Waals surface area contributed by atoms with Crippen LogP contribution in [0.1, 0.15) is 6.42 Å². The van der Waals surface area contributed by atoms with Crippen LogP contribution >= 0.6 is 46.4 Å². The quantitative estimate of drug-likeness (QED) is 0.757. The van der Waals surface area contributed by atoms with Crippen molar-refractivity contribution in [2.45, 2.75) is 17.4 Å². The van der Waals surface area contributed by atoms with Gasteiger partial charge in [0.25, 0.3) is 0 Å². The summed E-state index contributed by atoms with van der Waals surface area (Å²) in [5, 5.41) is 16.5. The van der Waals surface area contributed by atoms with Gasteiger partial charge in [-0.1, -0.05) is 0 Å². The summed E-state index contributed by atoms with van der Waals surface area (Å²) >= 11 is 20.6. The van der Waals surface area contributed by atoms with Crippen molar-refractivity contribution in [2.24, 2.45) is 0 Å². The van der Waals surface area contributed by atoms with Crippen LogP contribution in [0.2, 0.25) is 0 Å². The minimum Gasteiger partial charge on any atom is -0.396 e. The summed E-state index contributed by atoms with van der Waals surface area (Å²) in [6, 6.07) is 0. The summed E-state index contributed by atoms with van der Waals surface area (Å²) in [5.41, 5.74) is 0. The predicted octanol–water partition coefficient (Wildman–Crippen LogP) is 2.00. The Hall–Kier alpha value is 1.08. The van der Waals surface area contributed by atoms with E-state index in [1.165, 1.54) is 0 Å². The summed E-state index contributed by atoms with van der Waals surface area (Å²) in [6.45, 7) is 0.0671. The molecule has 0 rings (SSSR count). The predicted molar refractivity (Wildman–Crippen MR) is 54.6 cm³/mol. The summed E-state index contributed by atoms with van der Waals surface area (Å²) < 4.78 is 0. The molecule has 0 aliphatic rings. The average molecular weight is 258 g/mol. The van der Waals surface area contributed by atoms with E-state index in [0.29, 0.717) is 6.42 Å². The molecule has 0 bridgehead atoms. The zero-order valence-corrected chi connectivity index (χ0v) is 9.41. The molecule has 0 unspecified atom stereocenters. The first-order valence-corrected chi connectivity index (χ1v) is 5.21. The first kappa shape index (κ1) is 15.5. The molecule has 0 aromatic carbocycles. The molecular weight excluding hydrogens is 246 g/mol. The highest BCUT2D eigenvalue weighted by Crippen LogP contribution is 2.04. The van der Waals surface area contributed by atoms with E-state index in [9.17, 15) is 0 Å². The summed E-state index contributed by atoms with van der Waals surface area (Å²) in [7, 11) is 0. The lowest BCUT2D eigenvalue weighted by atomic mass is 10.5. The van der Waals surface area contributed by atoms with Gasteiger partial charge in [-0.3, -0.25) is 0 Å². The van der Waals surface area contributed by atoms with E-state index >= 15 is 0 Å². The number of rotatable bonds is 4. The Labute approximate surface area is 92.4 Å². The van der Waals surface area contributed by atoms with E-state index in [1.807, 2.05) is 0 Å². The van der Waals surface area contributed by atoms with Gasteiger partial charge in [-0.05, 0) is 0 Å². The van der Waals surface area contributed by atoms with Gasteiger partial charge in [-0.15, -0.1) is 46.4 Å². The first-order valence-electron chi connectivity index (χ1n) is 3.27. The zero-order valence-electron chi connectivity index (χ0n) is 6.39. The average Bonchev–Trinajstić information content (AvgIpc) is 2.04. The van der Waals surface area contributed by atoms with Crippen LogP contribution in [0.5, 0.6) is 0 Å².